The highest BCUT2D eigenvalue weighted by atomic mass is 79.9. The van der Waals surface area contributed by atoms with Crippen LogP contribution in [0.4, 0.5) is 5.95 Å². The van der Waals surface area contributed by atoms with Crippen LogP contribution in [-0.4, -0.2) is 23.3 Å². The number of hydrogen-bond acceptors (Lipinski definition) is 3. The first-order valence-corrected chi connectivity index (χ1v) is 7.33. The van der Waals surface area contributed by atoms with E-state index in [-0.39, 0.29) is 0 Å². The van der Waals surface area contributed by atoms with Gasteiger partial charge in [-0.2, -0.15) is 0 Å². The maximum Gasteiger partial charge on any atom is 0.201 e. The summed E-state index contributed by atoms with van der Waals surface area (Å²) in [5, 5.41) is 0. The molecule has 5 heteroatoms. The van der Waals surface area contributed by atoms with Crippen molar-refractivity contribution < 1.29 is 4.74 Å². The van der Waals surface area contributed by atoms with Gasteiger partial charge in [-0.05, 0) is 42.9 Å². The number of nitrogens with zero attached hydrogens (tertiary/aromatic N) is 2. The molecule has 1 aromatic carbocycles. The molecule has 19 heavy (non-hydrogen) atoms. The lowest BCUT2D eigenvalue weighted by Gasteiger charge is -2.17. The van der Waals surface area contributed by atoms with Gasteiger partial charge in [0.05, 0.1) is 11.0 Å². The molecular weight excluding hydrogens is 306 g/mol. The summed E-state index contributed by atoms with van der Waals surface area (Å²) in [4.78, 5) is 4.44. The maximum atomic E-state index is 6.07. The number of halogens is 1. The topological polar surface area (TPSA) is 53.1 Å². The number of nitrogen functional groups attached to an aromatic ring is 1. The number of benzene rings is 1. The molecule has 0 amide bonds. The van der Waals surface area contributed by atoms with Crippen molar-refractivity contribution in [3.8, 4) is 0 Å². The molecule has 1 fully saturated rings. The van der Waals surface area contributed by atoms with Gasteiger partial charge in [-0.3, -0.25) is 0 Å². The molecule has 0 atom stereocenters. The standard InChI is InChI=1S/C14H18BrN3O/c1-19-7-6-14(4-5-14)9-18-12-8-10(15)2-3-11(12)17-13(18)16/h2-3,8H,4-7,9H2,1H3,(H2,16,17). The van der Waals surface area contributed by atoms with Crippen LogP contribution in [0.15, 0.2) is 22.7 Å². The van der Waals surface area contributed by atoms with Gasteiger partial charge in [0.15, 0.2) is 0 Å². The summed E-state index contributed by atoms with van der Waals surface area (Å²) in [6, 6.07) is 6.09. The number of hydrogen-bond donors (Lipinski definition) is 1. The Hall–Kier alpha value is -1.07. The molecule has 1 heterocycles. The number of methoxy groups -OCH3 is 1. The molecule has 4 nitrogen and oxygen atoms in total. The van der Waals surface area contributed by atoms with E-state index in [1.54, 1.807) is 7.11 Å². The summed E-state index contributed by atoms with van der Waals surface area (Å²) in [6.45, 7) is 1.76. The number of nitrogens with two attached hydrogens (primary N) is 1. The number of anilines is 1. The van der Waals surface area contributed by atoms with Crippen LogP contribution in [0.5, 0.6) is 0 Å². The molecule has 1 aromatic heterocycles. The second-order valence-corrected chi connectivity index (χ2v) is 6.35. The third-order valence-electron chi connectivity index (χ3n) is 4.03. The summed E-state index contributed by atoms with van der Waals surface area (Å²) in [5.74, 6) is 0.608. The number of ether oxygens (including phenoxy) is 1. The van der Waals surface area contributed by atoms with E-state index in [0.29, 0.717) is 11.4 Å². The smallest absolute Gasteiger partial charge is 0.201 e. The molecule has 1 aliphatic carbocycles. The lowest BCUT2D eigenvalue weighted by Crippen LogP contribution is -2.15. The van der Waals surface area contributed by atoms with Crippen LogP contribution in [0.1, 0.15) is 19.3 Å². The third-order valence-corrected chi connectivity index (χ3v) is 4.52. The van der Waals surface area contributed by atoms with Crippen LogP contribution in [-0.2, 0) is 11.3 Å². The van der Waals surface area contributed by atoms with Crippen molar-refractivity contribution in [3.63, 3.8) is 0 Å². The molecule has 0 unspecified atom stereocenters. The highest BCUT2D eigenvalue weighted by Gasteiger charge is 2.42. The number of aromatic nitrogens is 2. The molecule has 0 spiro atoms. The molecule has 1 aliphatic rings. The molecule has 0 saturated heterocycles. The van der Waals surface area contributed by atoms with Gasteiger partial charge in [0, 0.05) is 24.7 Å². The Labute approximate surface area is 121 Å². The zero-order valence-corrected chi connectivity index (χ0v) is 12.6. The molecule has 0 radical (unpaired) electrons. The van der Waals surface area contributed by atoms with Gasteiger partial charge in [0.25, 0.3) is 0 Å². The van der Waals surface area contributed by atoms with Gasteiger partial charge in [0.2, 0.25) is 5.95 Å². The average molecular weight is 324 g/mol. The first-order chi connectivity index (χ1) is 9.13. The summed E-state index contributed by atoms with van der Waals surface area (Å²) >= 11 is 3.51. The van der Waals surface area contributed by atoms with Gasteiger partial charge in [-0.1, -0.05) is 15.9 Å². The van der Waals surface area contributed by atoms with E-state index in [4.69, 9.17) is 10.5 Å². The Bertz CT molecular complexity index is 604. The second-order valence-electron chi connectivity index (χ2n) is 5.43. The monoisotopic (exact) mass is 323 g/mol. The van der Waals surface area contributed by atoms with E-state index in [9.17, 15) is 0 Å². The predicted octanol–water partition coefficient (Wildman–Crippen LogP) is 3.20. The zero-order chi connectivity index (χ0) is 13.5. The average Bonchev–Trinajstić information content (AvgIpc) is 3.09. The maximum absolute atomic E-state index is 6.07. The quantitative estimate of drug-likeness (QED) is 0.919. The van der Waals surface area contributed by atoms with Crippen molar-refractivity contribution in [1.29, 1.82) is 0 Å². The van der Waals surface area contributed by atoms with Crippen LogP contribution in [0.25, 0.3) is 11.0 Å². The van der Waals surface area contributed by atoms with Gasteiger partial charge >= 0.3 is 0 Å². The molecule has 2 aromatic rings. The number of rotatable bonds is 5. The van der Waals surface area contributed by atoms with Gasteiger partial charge < -0.3 is 15.0 Å². The molecular formula is C14H18BrN3O. The Morgan fingerprint density at radius 3 is 2.95 bits per heavy atom. The van der Waals surface area contributed by atoms with Crippen LogP contribution < -0.4 is 5.73 Å². The zero-order valence-electron chi connectivity index (χ0n) is 11.0. The van der Waals surface area contributed by atoms with Crippen molar-refractivity contribution in [2.45, 2.75) is 25.8 Å². The van der Waals surface area contributed by atoms with E-state index in [1.807, 2.05) is 12.1 Å². The van der Waals surface area contributed by atoms with E-state index < -0.39 is 0 Å². The fourth-order valence-electron chi connectivity index (χ4n) is 2.60. The van der Waals surface area contributed by atoms with Crippen LogP contribution in [0.2, 0.25) is 0 Å². The Morgan fingerprint density at radius 1 is 1.47 bits per heavy atom. The van der Waals surface area contributed by atoms with E-state index in [1.165, 1.54) is 12.8 Å². The number of imidazole rings is 1. The van der Waals surface area contributed by atoms with Crippen molar-refractivity contribution in [3.05, 3.63) is 22.7 Å². The fraction of sp³-hybridized carbons (Fsp3) is 0.500. The summed E-state index contributed by atoms with van der Waals surface area (Å²) in [7, 11) is 1.76. The van der Waals surface area contributed by atoms with Crippen LogP contribution in [0, 0.1) is 5.41 Å². The largest absolute Gasteiger partial charge is 0.385 e. The molecule has 2 N–H and O–H groups in total. The first kappa shape index (κ1) is 12.9. The molecule has 3 rings (SSSR count). The van der Waals surface area contributed by atoms with Crippen molar-refractivity contribution in [2.75, 3.05) is 19.5 Å². The Kier molecular flexibility index (Phi) is 3.27. The Balaban J connectivity index is 1.92. The summed E-state index contributed by atoms with van der Waals surface area (Å²) in [5.41, 5.74) is 8.50. The SMILES string of the molecule is COCCC1(Cn2c(N)nc3ccc(Br)cc32)CC1. The molecule has 1 saturated carbocycles. The molecule has 102 valence electrons. The van der Waals surface area contributed by atoms with E-state index in [2.05, 4.69) is 31.5 Å². The van der Waals surface area contributed by atoms with Crippen LogP contribution in [0.3, 0.4) is 0 Å². The third kappa shape index (κ3) is 2.49. The lowest BCUT2D eigenvalue weighted by atomic mass is 10.0. The minimum absolute atomic E-state index is 0.361. The summed E-state index contributed by atoms with van der Waals surface area (Å²) in [6.07, 6.45) is 3.60. The Morgan fingerprint density at radius 2 is 2.26 bits per heavy atom. The molecule has 0 bridgehead atoms. The second kappa shape index (κ2) is 4.80. The predicted molar refractivity (Wildman–Crippen MR) is 80.0 cm³/mol. The van der Waals surface area contributed by atoms with E-state index in [0.717, 1.165) is 35.1 Å². The molecule has 0 aliphatic heterocycles. The lowest BCUT2D eigenvalue weighted by molar-refractivity contribution is 0.167. The fourth-order valence-corrected chi connectivity index (χ4v) is 2.95. The minimum Gasteiger partial charge on any atom is -0.385 e. The highest BCUT2D eigenvalue weighted by molar-refractivity contribution is 9.10. The number of fused-ring (bicyclic) bond motifs is 1. The van der Waals surface area contributed by atoms with E-state index >= 15 is 0 Å². The van der Waals surface area contributed by atoms with Gasteiger partial charge in [0.1, 0.15) is 0 Å². The normalized spacial score (nSPS) is 16.9. The highest BCUT2D eigenvalue weighted by Crippen LogP contribution is 2.50. The summed E-state index contributed by atoms with van der Waals surface area (Å²) < 4.78 is 8.41. The van der Waals surface area contributed by atoms with Crippen molar-refractivity contribution in [1.82, 2.24) is 9.55 Å². The van der Waals surface area contributed by atoms with Crippen molar-refractivity contribution in [2.24, 2.45) is 5.41 Å². The minimum atomic E-state index is 0.361. The van der Waals surface area contributed by atoms with Gasteiger partial charge in [-0.25, -0.2) is 4.98 Å². The first-order valence-electron chi connectivity index (χ1n) is 6.54. The van der Waals surface area contributed by atoms with Gasteiger partial charge in [-0.15, -0.1) is 0 Å². The van der Waals surface area contributed by atoms with Crippen molar-refractivity contribution >= 4 is 32.9 Å². The van der Waals surface area contributed by atoms with Crippen LogP contribution >= 0.6 is 15.9 Å².